The molecule has 1 unspecified atom stereocenters. The number of ether oxygens (including phenoxy) is 1. The Bertz CT molecular complexity index is 430. The van der Waals surface area contributed by atoms with Gasteiger partial charge >= 0.3 is 0 Å². The van der Waals surface area contributed by atoms with Crippen molar-refractivity contribution in [3.63, 3.8) is 0 Å². The Labute approximate surface area is 129 Å². The Hall–Kier alpha value is -0.420. The molecular formula is C16H24BrNO2. The van der Waals surface area contributed by atoms with Gasteiger partial charge < -0.3 is 15.2 Å². The molecule has 0 amide bonds. The molecule has 1 aromatic carbocycles. The predicted molar refractivity (Wildman–Crippen MR) is 85.0 cm³/mol. The van der Waals surface area contributed by atoms with Crippen LogP contribution >= 0.6 is 15.9 Å². The fourth-order valence-electron chi connectivity index (χ4n) is 2.62. The van der Waals surface area contributed by atoms with Crippen LogP contribution in [0.3, 0.4) is 0 Å². The van der Waals surface area contributed by atoms with Gasteiger partial charge in [-0.1, -0.05) is 34.1 Å². The summed E-state index contributed by atoms with van der Waals surface area (Å²) in [5.41, 5.74) is 0.714. The first-order valence-electron chi connectivity index (χ1n) is 7.21. The van der Waals surface area contributed by atoms with Crippen LogP contribution in [0.15, 0.2) is 28.7 Å². The largest absolute Gasteiger partial charge is 0.389 e. The molecule has 0 aromatic heterocycles. The van der Waals surface area contributed by atoms with Crippen LogP contribution in [0.1, 0.15) is 37.7 Å². The molecule has 1 saturated carbocycles. The molecule has 1 aromatic rings. The van der Waals surface area contributed by atoms with Gasteiger partial charge in [-0.2, -0.15) is 0 Å². The van der Waals surface area contributed by atoms with Gasteiger partial charge in [-0.05, 0) is 37.3 Å². The molecule has 1 aliphatic carbocycles. The molecule has 0 saturated heterocycles. The molecule has 0 radical (unpaired) electrons. The first-order valence-corrected chi connectivity index (χ1v) is 8.00. The van der Waals surface area contributed by atoms with Crippen LogP contribution in [0.25, 0.3) is 0 Å². The van der Waals surface area contributed by atoms with Crippen LogP contribution in [-0.4, -0.2) is 37.0 Å². The zero-order valence-electron chi connectivity index (χ0n) is 12.2. The number of aliphatic hydroxyl groups is 1. The van der Waals surface area contributed by atoms with Gasteiger partial charge in [-0.25, -0.2) is 0 Å². The molecule has 2 N–H and O–H groups in total. The summed E-state index contributed by atoms with van der Waals surface area (Å²) >= 11 is 3.62. The second kappa shape index (κ2) is 7.03. The molecule has 0 aliphatic heterocycles. The summed E-state index contributed by atoms with van der Waals surface area (Å²) in [6, 6.07) is 8.96. The second-order valence-electron chi connectivity index (χ2n) is 6.01. The molecular weight excluding hydrogens is 318 g/mol. The Balaban J connectivity index is 1.73. The maximum absolute atomic E-state index is 10.2. The third-order valence-corrected chi connectivity index (χ3v) is 4.82. The fraction of sp³-hybridized carbons (Fsp3) is 0.625. The van der Waals surface area contributed by atoms with E-state index in [1.807, 2.05) is 6.92 Å². The van der Waals surface area contributed by atoms with E-state index in [0.717, 1.165) is 12.8 Å². The quantitative estimate of drug-likeness (QED) is 0.800. The third kappa shape index (κ3) is 4.29. The third-order valence-electron chi connectivity index (χ3n) is 4.10. The van der Waals surface area contributed by atoms with E-state index >= 15 is 0 Å². The number of nitrogens with one attached hydrogen (secondary N) is 1. The summed E-state index contributed by atoms with van der Waals surface area (Å²) < 4.78 is 6.22. The van der Waals surface area contributed by atoms with Gasteiger partial charge in [0.1, 0.15) is 0 Å². The number of halogens is 1. The van der Waals surface area contributed by atoms with E-state index < -0.39 is 5.60 Å². The van der Waals surface area contributed by atoms with Gasteiger partial charge in [0.15, 0.2) is 0 Å². The SMILES string of the molecule is COCCC(C)(O)CNC1CC(c2ccccc2Br)C1. The molecule has 1 atom stereocenters. The van der Waals surface area contributed by atoms with Crippen LogP contribution in [-0.2, 0) is 4.74 Å². The molecule has 1 aliphatic rings. The molecule has 0 bridgehead atoms. The first-order chi connectivity index (χ1) is 9.52. The summed E-state index contributed by atoms with van der Waals surface area (Å²) in [6.45, 7) is 3.09. The lowest BCUT2D eigenvalue weighted by Crippen LogP contribution is -2.47. The van der Waals surface area contributed by atoms with E-state index in [2.05, 4.69) is 45.5 Å². The lowest BCUT2D eigenvalue weighted by Gasteiger charge is -2.38. The van der Waals surface area contributed by atoms with Crippen molar-refractivity contribution >= 4 is 15.9 Å². The van der Waals surface area contributed by atoms with Crippen molar-refractivity contribution in [2.45, 2.75) is 43.7 Å². The fourth-order valence-corrected chi connectivity index (χ4v) is 3.23. The lowest BCUT2D eigenvalue weighted by atomic mass is 9.75. The van der Waals surface area contributed by atoms with E-state index in [-0.39, 0.29) is 0 Å². The Morgan fingerprint density at radius 2 is 2.10 bits per heavy atom. The van der Waals surface area contributed by atoms with Gasteiger partial charge in [0, 0.05) is 37.2 Å². The summed E-state index contributed by atoms with van der Waals surface area (Å²) in [5.74, 6) is 0.631. The van der Waals surface area contributed by atoms with E-state index in [0.29, 0.717) is 31.5 Å². The topological polar surface area (TPSA) is 41.5 Å². The molecule has 0 heterocycles. The van der Waals surface area contributed by atoms with Crippen LogP contribution in [0.2, 0.25) is 0 Å². The molecule has 3 nitrogen and oxygen atoms in total. The van der Waals surface area contributed by atoms with Gasteiger partial charge in [0.05, 0.1) is 5.60 Å². The summed E-state index contributed by atoms with van der Waals surface area (Å²) in [7, 11) is 1.66. The van der Waals surface area contributed by atoms with Crippen molar-refractivity contribution in [3.8, 4) is 0 Å². The maximum atomic E-state index is 10.2. The normalized spacial score (nSPS) is 25.0. The van der Waals surface area contributed by atoms with Gasteiger partial charge in [-0.15, -0.1) is 0 Å². The average molecular weight is 342 g/mol. The highest BCUT2D eigenvalue weighted by Gasteiger charge is 2.32. The van der Waals surface area contributed by atoms with Crippen molar-refractivity contribution in [1.82, 2.24) is 5.32 Å². The van der Waals surface area contributed by atoms with E-state index in [1.54, 1.807) is 7.11 Å². The van der Waals surface area contributed by atoms with Crippen molar-refractivity contribution in [2.75, 3.05) is 20.3 Å². The molecule has 0 spiro atoms. The van der Waals surface area contributed by atoms with Crippen molar-refractivity contribution in [2.24, 2.45) is 0 Å². The molecule has 1 fully saturated rings. The minimum atomic E-state index is -0.686. The van der Waals surface area contributed by atoms with Crippen LogP contribution in [0.5, 0.6) is 0 Å². The monoisotopic (exact) mass is 341 g/mol. The van der Waals surface area contributed by atoms with Crippen LogP contribution in [0, 0.1) is 0 Å². The average Bonchev–Trinajstić information content (AvgIpc) is 2.36. The van der Waals surface area contributed by atoms with Gasteiger partial charge in [0.2, 0.25) is 0 Å². The summed E-state index contributed by atoms with van der Waals surface area (Å²) in [6.07, 6.45) is 2.95. The van der Waals surface area contributed by atoms with Crippen LogP contribution in [0.4, 0.5) is 0 Å². The number of hydrogen-bond donors (Lipinski definition) is 2. The standard InChI is InChI=1S/C16H24BrNO2/c1-16(19,7-8-20-2)11-18-13-9-12(10-13)14-5-3-4-6-15(14)17/h3-6,12-13,18-19H,7-11H2,1-2H3. The van der Waals surface area contributed by atoms with Gasteiger partial charge in [0.25, 0.3) is 0 Å². The van der Waals surface area contributed by atoms with Crippen LogP contribution < -0.4 is 5.32 Å². The van der Waals surface area contributed by atoms with E-state index in [4.69, 9.17) is 4.74 Å². The summed E-state index contributed by atoms with van der Waals surface area (Å²) in [5, 5.41) is 13.7. The number of rotatable bonds is 7. The highest BCUT2D eigenvalue weighted by molar-refractivity contribution is 9.10. The number of benzene rings is 1. The Morgan fingerprint density at radius 3 is 2.75 bits per heavy atom. The first kappa shape index (κ1) is 16.0. The van der Waals surface area contributed by atoms with Gasteiger partial charge in [-0.3, -0.25) is 0 Å². The highest BCUT2D eigenvalue weighted by Crippen LogP contribution is 2.40. The summed E-state index contributed by atoms with van der Waals surface area (Å²) in [4.78, 5) is 0. The Morgan fingerprint density at radius 1 is 1.40 bits per heavy atom. The molecule has 4 heteroatoms. The molecule has 20 heavy (non-hydrogen) atoms. The van der Waals surface area contributed by atoms with Crippen molar-refractivity contribution in [1.29, 1.82) is 0 Å². The number of hydrogen-bond acceptors (Lipinski definition) is 3. The smallest absolute Gasteiger partial charge is 0.0765 e. The molecule has 2 rings (SSSR count). The molecule has 112 valence electrons. The second-order valence-corrected chi connectivity index (χ2v) is 6.86. The van der Waals surface area contributed by atoms with E-state index in [1.165, 1.54) is 10.0 Å². The zero-order chi connectivity index (χ0) is 14.6. The minimum absolute atomic E-state index is 0.515. The predicted octanol–water partition coefficient (Wildman–Crippen LogP) is 3.07. The lowest BCUT2D eigenvalue weighted by molar-refractivity contribution is 0.0197. The maximum Gasteiger partial charge on any atom is 0.0765 e. The number of methoxy groups -OCH3 is 1. The Kier molecular flexibility index (Phi) is 5.61. The minimum Gasteiger partial charge on any atom is -0.389 e. The van der Waals surface area contributed by atoms with Crippen molar-refractivity contribution < 1.29 is 9.84 Å². The van der Waals surface area contributed by atoms with E-state index in [9.17, 15) is 5.11 Å². The highest BCUT2D eigenvalue weighted by atomic mass is 79.9. The zero-order valence-corrected chi connectivity index (χ0v) is 13.8. The van der Waals surface area contributed by atoms with Crippen molar-refractivity contribution in [3.05, 3.63) is 34.3 Å².